The van der Waals surface area contributed by atoms with E-state index in [0.29, 0.717) is 19.4 Å². The molecule has 0 heterocycles. The Morgan fingerprint density at radius 1 is 1.23 bits per heavy atom. The van der Waals surface area contributed by atoms with Crippen molar-refractivity contribution < 1.29 is 14.3 Å². The van der Waals surface area contributed by atoms with E-state index in [4.69, 9.17) is 9.47 Å². The Morgan fingerprint density at radius 2 is 2.00 bits per heavy atom. The van der Waals surface area contributed by atoms with Gasteiger partial charge in [-0.05, 0) is 76.3 Å². The number of rotatable bonds is 9. The van der Waals surface area contributed by atoms with Crippen molar-refractivity contribution in [2.24, 2.45) is 5.10 Å². The zero-order chi connectivity index (χ0) is 18.8. The predicted octanol–water partition coefficient (Wildman–Crippen LogP) is 4.33. The summed E-state index contributed by atoms with van der Waals surface area (Å²) in [6, 6.07) is 13.4. The molecule has 1 amide bonds. The number of hydrogen-bond acceptors (Lipinski definition) is 4. The second kappa shape index (κ2) is 10.6. The van der Waals surface area contributed by atoms with Crippen LogP contribution in [0.15, 0.2) is 52.0 Å². The number of carbonyl (C=O) groups is 1. The van der Waals surface area contributed by atoms with Crippen molar-refractivity contribution in [2.45, 2.75) is 26.2 Å². The molecule has 0 aliphatic carbocycles. The minimum Gasteiger partial charge on any atom is -0.497 e. The van der Waals surface area contributed by atoms with E-state index in [9.17, 15) is 4.79 Å². The van der Waals surface area contributed by atoms with Gasteiger partial charge in [0.05, 0.1) is 24.4 Å². The Balaban J connectivity index is 1.67. The zero-order valence-electron chi connectivity index (χ0n) is 15.0. The van der Waals surface area contributed by atoms with Gasteiger partial charge < -0.3 is 9.47 Å². The average molecular weight is 419 g/mol. The molecule has 5 nitrogen and oxygen atoms in total. The average Bonchev–Trinajstić information content (AvgIpc) is 2.66. The van der Waals surface area contributed by atoms with Crippen LogP contribution in [0.2, 0.25) is 0 Å². The standard InChI is InChI=1S/C20H23BrN2O3/c1-3-15-8-11-19(18(21)13-15)26-12-4-5-20(24)23-22-14-16-6-9-17(25-2)10-7-16/h6-11,13-14H,3-5,12H2,1-2H3,(H,23,24)/b22-14+. The van der Waals surface area contributed by atoms with E-state index >= 15 is 0 Å². The highest BCUT2D eigenvalue weighted by Crippen LogP contribution is 2.26. The number of hydrazone groups is 1. The highest BCUT2D eigenvalue weighted by atomic mass is 79.9. The van der Waals surface area contributed by atoms with Crippen molar-refractivity contribution in [3.63, 3.8) is 0 Å². The summed E-state index contributed by atoms with van der Waals surface area (Å²) in [5.41, 5.74) is 4.65. The van der Waals surface area contributed by atoms with E-state index in [1.165, 1.54) is 5.56 Å². The fourth-order valence-electron chi connectivity index (χ4n) is 2.22. The van der Waals surface area contributed by atoms with Crippen molar-refractivity contribution >= 4 is 28.1 Å². The van der Waals surface area contributed by atoms with Gasteiger partial charge in [-0.25, -0.2) is 5.43 Å². The number of carbonyl (C=O) groups excluding carboxylic acids is 1. The molecule has 0 aliphatic rings. The van der Waals surface area contributed by atoms with Gasteiger partial charge in [-0.15, -0.1) is 0 Å². The number of aryl methyl sites for hydroxylation is 1. The number of ether oxygens (including phenoxy) is 2. The molecule has 0 saturated heterocycles. The lowest BCUT2D eigenvalue weighted by Crippen LogP contribution is -2.18. The molecule has 6 heteroatoms. The second-order valence-corrected chi connectivity index (χ2v) is 6.49. The smallest absolute Gasteiger partial charge is 0.240 e. The van der Waals surface area contributed by atoms with Gasteiger partial charge in [0.1, 0.15) is 11.5 Å². The Bertz CT molecular complexity index is 745. The molecule has 2 rings (SSSR count). The molecule has 1 N–H and O–H groups in total. The van der Waals surface area contributed by atoms with E-state index in [1.807, 2.05) is 36.4 Å². The van der Waals surface area contributed by atoms with E-state index in [1.54, 1.807) is 13.3 Å². The Hall–Kier alpha value is -2.34. The first-order valence-electron chi connectivity index (χ1n) is 8.49. The Labute approximate surface area is 162 Å². The molecule has 0 fully saturated rings. The number of halogens is 1. The molecule has 2 aromatic carbocycles. The number of nitrogens with one attached hydrogen (secondary N) is 1. The molecule has 2 aromatic rings. The summed E-state index contributed by atoms with van der Waals surface area (Å²) in [4.78, 5) is 11.8. The van der Waals surface area contributed by atoms with Crippen molar-refractivity contribution in [3.05, 3.63) is 58.1 Å². The molecule has 138 valence electrons. The zero-order valence-corrected chi connectivity index (χ0v) is 16.6. The highest BCUT2D eigenvalue weighted by molar-refractivity contribution is 9.10. The van der Waals surface area contributed by atoms with Gasteiger partial charge in [-0.2, -0.15) is 5.10 Å². The molecule has 0 atom stereocenters. The van der Waals surface area contributed by atoms with E-state index in [0.717, 1.165) is 28.0 Å². The summed E-state index contributed by atoms with van der Waals surface area (Å²) in [7, 11) is 1.62. The summed E-state index contributed by atoms with van der Waals surface area (Å²) in [6.45, 7) is 2.58. The maximum absolute atomic E-state index is 11.8. The third-order valence-electron chi connectivity index (χ3n) is 3.73. The molecule has 0 spiro atoms. The first-order chi connectivity index (χ1) is 12.6. The van der Waals surface area contributed by atoms with Crippen molar-refractivity contribution in [1.82, 2.24) is 5.43 Å². The molecule has 0 aliphatic heterocycles. The third-order valence-corrected chi connectivity index (χ3v) is 4.35. The van der Waals surface area contributed by atoms with Crippen LogP contribution in [0.3, 0.4) is 0 Å². The lowest BCUT2D eigenvalue weighted by atomic mass is 10.2. The van der Waals surface area contributed by atoms with Gasteiger partial charge >= 0.3 is 0 Å². The van der Waals surface area contributed by atoms with Crippen LogP contribution in [-0.4, -0.2) is 25.8 Å². The fourth-order valence-corrected chi connectivity index (χ4v) is 2.76. The van der Waals surface area contributed by atoms with Crippen molar-refractivity contribution in [2.75, 3.05) is 13.7 Å². The number of hydrogen-bond donors (Lipinski definition) is 1. The Kier molecular flexibility index (Phi) is 8.15. The third kappa shape index (κ3) is 6.52. The van der Waals surface area contributed by atoms with E-state index < -0.39 is 0 Å². The topological polar surface area (TPSA) is 59.9 Å². The molecule has 0 unspecified atom stereocenters. The van der Waals surface area contributed by atoms with Gasteiger partial charge in [0.15, 0.2) is 0 Å². The van der Waals surface area contributed by atoms with Gasteiger partial charge in [0.25, 0.3) is 0 Å². The van der Waals surface area contributed by atoms with Gasteiger partial charge in [0, 0.05) is 6.42 Å². The van der Waals surface area contributed by atoms with Crippen LogP contribution in [0.4, 0.5) is 0 Å². The van der Waals surface area contributed by atoms with Gasteiger partial charge in [0.2, 0.25) is 5.91 Å². The van der Waals surface area contributed by atoms with Crippen LogP contribution >= 0.6 is 15.9 Å². The minimum absolute atomic E-state index is 0.140. The summed E-state index contributed by atoms with van der Waals surface area (Å²) in [5.74, 6) is 1.43. The lowest BCUT2D eigenvalue weighted by Gasteiger charge is -2.09. The molecule has 0 saturated carbocycles. The summed E-state index contributed by atoms with van der Waals surface area (Å²) in [5, 5.41) is 3.95. The quantitative estimate of drug-likeness (QED) is 0.374. The largest absolute Gasteiger partial charge is 0.497 e. The molecule has 0 radical (unpaired) electrons. The predicted molar refractivity (Wildman–Crippen MR) is 107 cm³/mol. The molecule has 0 aromatic heterocycles. The van der Waals surface area contributed by atoms with Crippen LogP contribution in [0.25, 0.3) is 0 Å². The van der Waals surface area contributed by atoms with Crippen LogP contribution in [-0.2, 0) is 11.2 Å². The van der Waals surface area contributed by atoms with Crippen LogP contribution in [0.1, 0.15) is 30.9 Å². The summed E-state index contributed by atoms with van der Waals surface area (Å²) >= 11 is 3.50. The highest BCUT2D eigenvalue weighted by Gasteiger charge is 2.04. The first kappa shape index (κ1) is 20.0. The molecule has 0 bridgehead atoms. The van der Waals surface area contributed by atoms with Crippen molar-refractivity contribution in [1.29, 1.82) is 0 Å². The number of benzene rings is 2. The molecule has 26 heavy (non-hydrogen) atoms. The van der Waals surface area contributed by atoms with Crippen LogP contribution < -0.4 is 14.9 Å². The summed E-state index contributed by atoms with van der Waals surface area (Å²) in [6.07, 6.45) is 3.55. The van der Waals surface area contributed by atoms with Gasteiger partial charge in [-0.3, -0.25) is 4.79 Å². The van der Waals surface area contributed by atoms with E-state index in [2.05, 4.69) is 39.4 Å². The van der Waals surface area contributed by atoms with Crippen molar-refractivity contribution in [3.8, 4) is 11.5 Å². The van der Waals surface area contributed by atoms with Crippen LogP contribution in [0.5, 0.6) is 11.5 Å². The molecular weight excluding hydrogens is 396 g/mol. The Morgan fingerprint density at radius 3 is 2.65 bits per heavy atom. The number of methoxy groups -OCH3 is 1. The lowest BCUT2D eigenvalue weighted by molar-refractivity contribution is -0.121. The monoisotopic (exact) mass is 418 g/mol. The van der Waals surface area contributed by atoms with Gasteiger partial charge in [-0.1, -0.05) is 13.0 Å². The maximum atomic E-state index is 11.8. The van der Waals surface area contributed by atoms with E-state index in [-0.39, 0.29) is 5.91 Å². The minimum atomic E-state index is -0.140. The summed E-state index contributed by atoms with van der Waals surface area (Å²) < 4.78 is 11.7. The SMILES string of the molecule is CCc1ccc(OCCCC(=O)N/N=C/c2ccc(OC)cc2)c(Br)c1. The number of nitrogens with zero attached hydrogens (tertiary/aromatic N) is 1. The molecular formula is C20H23BrN2O3. The number of amides is 1. The fraction of sp³-hybridized carbons (Fsp3) is 0.300. The second-order valence-electron chi connectivity index (χ2n) is 5.64. The first-order valence-corrected chi connectivity index (χ1v) is 9.29. The normalized spacial score (nSPS) is 10.7. The maximum Gasteiger partial charge on any atom is 0.240 e. The van der Waals surface area contributed by atoms with Crippen LogP contribution in [0, 0.1) is 0 Å².